The van der Waals surface area contributed by atoms with E-state index in [1.54, 1.807) is 0 Å². The number of rotatable bonds is 9. The Morgan fingerprint density at radius 3 is 2.00 bits per heavy atom. The highest BCUT2D eigenvalue weighted by Gasteiger charge is 1.99. The molecule has 0 aliphatic rings. The summed E-state index contributed by atoms with van der Waals surface area (Å²) in [7, 11) is 1.87. The van der Waals surface area contributed by atoms with Crippen LogP contribution in [0.4, 0.5) is 0 Å². The molecule has 5 N–H and O–H groups in total. The number of hydrogen-bond acceptors (Lipinski definition) is 4. The largest absolute Gasteiger partial charge is 0.330 e. The Kier molecular flexibility index (Phi) is 19.6. The predicted octanol–water partition coefficient (Wildman–Crippen LogP) is 1.23. The first kappa shape index (κ1) is 18.2. The van der Waals surface area contributed by atoms with Gasteiger partial charge in [-0.2, -0.15) is 0 Å². The van der Waals surface area contributed by atoms with Gasteiger partial charge in [0.2, 0.25) is 0 Å². The third-order valence-corrected chi connectivity index (χ3v) is 2.35. The van der Waals surface area contributed by atoms with Crippen LogP contribution in [-0.4, -0.2) is 32.7 Å². The summed E-state index contributed by atoms with van der Waals surface area (Å²) in [5.74, 6) is 0. The number of hydrogen-bond donors (Lipinski definition) is 4. The van der Waals surface area contributed by atoms with Crippen molar-refractivity contribution in [2.24, 2.45) is 5.73 Å². The lowest BCUT2D eigenvalue weighted by Gasteiger charge is -2.13. The Labute approximate surface area is 102 Å². The molecule has 0 fully saturated rings. The molecule has 0 radical (unpaired) electrons. The average Bonchev–Trinajstić information content (AvgIpc) is 2.33. The zero-order valence-corrected chi connectivity index (χ0v) is 11.6. The predicted molar refractivity (Wildman–Crippen MR) is 73.4 cm³/mol. The second-order valence-corrected chi connectivity index (χ2v) is 3.79. The summed E-state index contributed by atoms with van der Waals surface area (Å²) in [4.78, 5) is 0. The summed E-state index contributed by atoms with van der Waals surface area (Å²) in [6.45, 7) is 9.48. The molecule has 0 aliphatic carbocycles. The Hall–Kier alpha value is -0.160. The average molecular weight is 232 g/mol. The van der Waals surface area contributed by atoms with Gasteiger partial charge in [-0.3, -0.25) is 10.9 Å². The van der Waals surface area contributed by atoms with Crippen molar-refractivity contribution in [3.05, 3.63) is 0 Å². The maximum Gasteiger partial charge on any atom is 0.00970 e. The van der Waals surface area contributed by atoms with Crippen LogP contribution in [0.2, 0.25) is 0 Å². The summed E-state index contributed by atoms with van der Waals surface area (Å²) < 4.78 is 0. The number of hydrazine groups is 1. The van der Waals surface area contributed by atoms with E-state index in [4.69, 9.17) is 5.73 Å². The zero-order chi connectivity index (χ0) is 12.6. The van der Waals surface area contributed by atoms with Gasteiger partial charge in [-0.25, -0.2) is 0 Å². The third-order valence-electron chi connectivity index (χ3n) is 2.35. The van der Waals surface area contributed by atoms with Gasteiger partial charge in [-0.1, -0.05) is 20.8 Å². The van der Waals surface area contributed by atoms with Crippen LogP contribution in [0.1, 0.15) is 46.5 Å². The third kappa shape index (κ3) is 16.3. The molecule has 100 valence electrons. The van der Waals surface area contributed by atoms with Crippen LogP contribution in [0, 0.1) is 0 Å². The molecule has 0 aliphatic heterocycles. The first-order chi connectivity index (χ1) is 7.76. The second-order valence-electron chi connectivity index (χ2n) is 3.79. The molecule has 4 heteroatoms. The summed E-state index contributed by atoms with van der Waals surface area (Å²) >= 11 is 0. The minimum absolute atomic E-state index is 0.701. The first-order valence-corrected chi connectivity index (χ1v) is 6.59. The minimum atomic E-state index is 0.701. The van der Waals surface area contributed by atoms with E-state index in [-0.39, 0.29) is 0 Å². The van der Waals surface area contributed by atoms with Gasteiger partial charge in [0.1, 0.15) is 0 Å². The van der Waals surface area contributed by atoms with Gasteiger partial charge < -0.3 is 11.1 Å². The molecule has 0 unspecified atom stereocenters. The summed E-state index contributed by atoms with van der Waals surface area (Å²) in [6, 6.07) is 0.701. The van der Waals surface area contributed by atoms with Crippen LogP contribution in [0.5, 0.6) is 0 Å². The fourth-order valence-electron chi connectivity index (χ4n) is 1.24. The van der Waals surface area contributed by atoms with Gasteiger partial charge in [0.25, 0.3) is 0 Å². The maximum absolute atomic E-state index is 5.36. The molecule has 0 saturated heterocycles. The monoisotopic (exact) mass is 232 g/mol. The van der Waals surface area contributed by atoms with Crippen molar-refractivity contribution in [1.29, 1.82) is 0 Å². The van der Waals surface area contributed by atoms with E-state index in [2.05, 4.69) is 36.9 Å². The Balaban J connectivity index is 0. The SMILES string of the molecule is CCC(CC)NCCCN.CCCNNC. The lowest BCUT2D eigenvalue weighted by Crippen LogP contribution is -2.29. The fraction of sp³-hybridized carbons (Fsp3) is 1.00. The smallest absolute Gasteiger partial charge is 0.00970 e. The molecule has 0 aromatic carbocycles. The molecule has 16 heavy (non-hydrogen) atoms. The van der Waals surface area contributed by atoms with Crippen LogP contribution in [0.15, 0.2) is 0 Å². The van der Waals surface area contributed by atoms with E-state index < -0.39 is 0 Å². The molecule has 0 bridgehead atoms. The molecule has 0 spiro atoms. The molecule has 0 rings (SSSR count). The van der Waals surface area contributed by atoms with E-state index >= 15 is 0 Å². The highest BCUT2D eigenvalue weighted by atomic mass is 15.3. The van der Waals surface area contributed by atoms with E-state index in [1.807, 2.05) is 7.05 Å². The van der Waals surface area contributed by atoms with Crippen molar-refractivity contribution in [3.63, 3.8) is 0 Å². The normalized spacial score (nSPS) is 10.1. The van der Waals surface area contributed by atoms with Crippen molar-refractivity contribution in [2.75, 3.05) is 26.7 Å². The standard InChI is InChI=1S/C8H20N2.C4H12N2/c1-3-8(4-2)10-7-5-6-9;1-3-4-6-5-2/h8,10H,3-7,9H2,1-2H3;5-6H,3-4H2,1-2H3. The summed E-state index contributed by atoms with van der Waals surface area (Å²) in [5.41, 5.74) is 11.1. The van der Waals surface area contributed by atoms with Crippen molar-refractivity contribution in [3.8, 4) is 0 Å². The minimum Gasteiger partial charge on any atom is -0.330 e. The van der Waals surface area contributed by atoms with E-state index in [0.29, 0.717) is 6.04 Å². The second kappa shape index (κ2) is 17.2. The Morgan fingerprint density at radius 1 is 1.06 bits per heavy atom. The van der Waals surface area contributed by atoms with Gasteiger partial charge >= 0.3 is 0 Å². The first-order valence-electron chi connectivity index (χ1n) is 6.59. The molecule has 0 amide bonds. The highest BCUT2D eigenvalue weighted by Crippen LogP contribution is 1.94. The molecular formula is C12H32N4. The molecule has 4 nitrogen and oxygen atoms in total. The lowest BCUT2D eigenvalue weighted by molar-refractivity contribution is 0.481. The van der Waals surface area contributed by atoms with Gasteiger partial charge in [-0.05, 0) is 45.8 Å². The van der Waals surface area contributed by atoms with Crippen LogP contribution in [0.25, 0.3) is 0 Å². The number of nitrogens with two attached hydrogens (primary N) is 1. The Bertz CT molecular complexity index is 101. The molecule has 0 saturated carbocycles. The molecular weight excluding hydrogens is 200 g/mol. The van der Waals surface area contributed by atoms with Crippen LogP contribution in [0.3, 0.4) is 0 Å². The van der Waals surface area contributed by atoms with Crippen LogP contribution >= 0.6 is 0 Å². The topological polar surface area (TPSA) is 62.1 Å². The summed E-state index contributed by atoms with van der Waals surface area (Å²) in [5, 5.41) is 3.44. The fourth-order valence-corrected chi connectivity index (χ4v) is 1.24. The molecule has 0 atom stereocenters. The van der Waals surface area contributed by atoms with Gasteiger partial charge in [-0.15, -0.1) is 0 Å². The molecule has 0 heterocycles. The van der Waals surface area contributed by atoms with E-state index in [0.717, 1.165) is 26.1 Å². The van der Waals surface area contributed by atoms with Gasteiger partial charge in [0, 0.05) is 12.6 Å². The van der Waals surface area contributed by atoms with E-state index in [1.165, 1.54) is 19.3 Å². The maximum atomic E-state index is 5.36. The van der Waals surface area contributed by atoms with Gasteiger partial charge in [0.15, 0.2) is 0 Å². The van der Waals surface area contributed by atoms with Crippen LogP contribution < -0.4 is 21.9 Å². The molecule has 0 aromatic heterocycles. The van der Waals surface area contributed by atoms with E-state index in [9.17, 15) is 0 Å². The van der Waals surface area contributed by atoms with Crippen LogP contribution in [-0.2, 0) is 0 Å². The Morgan fingerprint density at radius 2 is 1.69 bits per heavy atom. The van der Waals surface area contributed by atoms with Crippen molar-refractivity contribution in [1.82, 2.24) is 16.2 Å². The van der Waals surface area contributed by atoms with Crippen molar-refractivity contribution < 1.29 is 0 Å². The molecule has 0 aromatic rings. The lowest BCUT2D eigenvalue weighted by atomic mass is 10.2. The highest BCUT2D eigenvalue weighted by molar-refractivity contribution is 4.61. The van der Waals surface area contributed by atoms with Crippen molar-refractivity contribution in [2.45, 2.75) is 52.5 Å². The summed E-state index contributed by atoms with van der Waals surface area (Å²) in [6.07, 6.45) is 4.72. The van der Waals surface area contributed by atoms with Gasteiger partial charge in [0.05, 0.1) is 0 Å². The quantitative estimate of drug-likeness (QED) is 0.357. The number of nitrogens with one attached hydrogen (secondary N) is 3. The van der Waals surface area contributed by atoms with Crippen molar-refractivity contribution >= 4 is 0 Å². The zero-order valence-electron chi connectivity index (χ0n) is 11.6.